The van der Waals surface area contributed by atoms with E-state index in [-0.39, 0.29) is 24.4 Å². The molecule has 29 heavy (non-hydrogen) atoms. The van der Waals surface area contributed by atoms with Crippen LogP contribution in [-0.4, -0.2) is 29.0 Å². The quantitative estimate of drug-likeness (QED) is 0.840. The van der Waals surface area contributed by atoms with Gasteiger partial charge in [0.1, 0.15) is 12.3 Å². The summed E-state index contributed by atoms with van der Waals surface area (Å²) < 4.78 is 7.40. The van der Waals surface area contributed by atoms with Crippen molar-refractivity contribution in [1.82, 2.24) is 9.88 Å². The lowest BCUT2D eigenvalue weighted by Crippen LogP contribution is -2.52. The van der Waals surface area contributed by atoms with Crippen molar-refractivity contribution in [3.8, 4) is 5.75 Å². The molecule has 1 fully saturated rings. The molecular weight excluding hydrogens is 366 g/mol. The molecule has 1 saturated carbocycles. The summed E-state index contributed by atoms with van der Waals surface area (Å²) in [5.74, 6) is 1.01. The summed E-state index contributed by atoms with van der Waals surface area (Å²) in [4.78, 5) is 28.1. The van der Waals surface area contributed by atoms with Gasteiger partial charge < -0.3 is 14.6 Å². The Kier molecular flexibility index (Phi) is 5.60. The maximum Gasteiger partial charge on any atom is 0.249 e. The molecule has 0 bridgehead atoms. The highest BCUT2D eigenvalue weighted by Crippen LogP contribution is 2.34. The molecule has 1 aliphatic carbocycles. The SMILES string of the molecule is CCOc1ccc(N2C(=O)Cn3cccc3[C@@H]2C(=O)N[C@@H]2CCCC[C@H]2C)cc1. The van der Waals surface area contributed by atoms with E-state index in [0.717, 1.165) is 30.7 Å². The fourth-order valence-electron chi connectivity index (χ4n) is 4.52. The molecule has 2 aromatic rings. The molecule has 2 aliphatic rings. The van der Waals surface area contributed by atoms with Crippen LogP contribution in [0.5, 0.6) is 5.75 Å². The van der Waals surface area contributed by atoms with E-state index >= 15 is 0 Å². The number of hydrogen-bond acceptors (Lipinski definition) is 3. The highest BCUT2D eigenvalue weighted by Gasteiger charge is 2.39. The van der Waals surface area contributed by atoms with Crippen molar-refractivity contribution >= 4 is 17.5 Å². The largest absolute Gasteiger partial charge is 0.494 e. The van der Waals surface area contributed by atoms with Gasteiger partial charge in [-0.2, -0.15) is 0 Å². The van der Waals surface area contributed by atoms with E-state index in [1.54, 1.807) is 4.90 Å². The molecule has 1 aliphatic heterocycles. The van der Waals surface area contributed by atoms with Crippen LogP contribution in [-0.2, 0) is 16.1 Å². The van der Waals surface area contributed by atoms with Crippen LogP contribution in [0.2, 0.25) is 0 Å². The van der Waals surface area contributed by atoms with Crippen molar-refractivity contribution in [3.63, 3.8) is 0 Å². The zero-order chi connectivity index (χ0) is 20.4. The zero-order valence-electron chi connectivity index (χ0n) is 17.1. The number of aromatic nitrogens is 1. The molecule has 1 aromatic heterocycles. The second-order valence-corrected chi connectivity index (χ2v) is 8.03. The third kappa shape index (κ3) is 3.88. The van der Waals surface area contributed by atoms with Crippen molar-refractivity contribution in [2.45, 2.75) is 58.2 Å². The van der Waals surface area contributed by atoms with Crippen LogP contribution in [0.1, 0.15) is 51.3 Å². The lowest BCUT2D eigenvalue weighted by atomic mass is 9.85. The van der Waals surface area contributed by atoms with Crippen molar-refractivity contribution in [2.24, 2.45) is 5.92 Å². The van der Waals surface area contributed by atoms with E-state index in [0.29, 0.717) is 18.2 Å². The first kappa shape index (κ1) is 19.6. The first-order valence-corrected chi connectivity index (χ1v) is 10.6. The highest BCUT2D eigenvalue weighted by atomic mass is 16.5. The van der Waals surface area contributed by atoms with Gasteiger partial charge in [-0.25, -0.2) is 0 Å². The van der Waals surface area contributed by atoms with E-state index in [1.165, 1.54) is 6.42 Å². The third-order valence-corrected chi connectivity index (χ3v) is 6.09. The molecule has 4 rings (SSSR count). The molecular formula is C23H29N3O3. The number of ether oxygens (including phenoxy) is 1. The van der Waals surface area contributed by atoms with E-state index in [2.05, 4.69) is 12.2 Å². The molecule has 2 heterocycles. The van der Waals surface area contributed by atoms with Crippen LogP contribution in [0.25, 0.3) is 0 Å². The van der Waals surface area contributed by atoms with Gasteiger partial charge in [-0.1, -0.05) is 19.8 Å². The van der Waals surface area contributed by atoms with Crippen molar-refractivity contribution in [1.29, 1.82) is 0 Å². The Morgan fingerprint density at radius 3 is 2.66 bits per heavy atom. The Morgan fingerprint density at radius 2 is 1.93 bits per heavy atom. The Labute approximate surface area is 171 Å². The predicted molar refractivity (Wildman–Crippen MR) is 112 cm³/mol. The van der Waals surface area contributed by atoms with Crippen LogP contribution in [0, 0.1) is 5.92 Å². The summed E-state index contributed by atoms with van der Waals surface area (Å²) in [5, 5.41) is 3.25. The lowest BCUT2D eigenvalue weighted by molar-refractivity contribution is -0.129. The minimum atomic E-state index is -0.668. The second-order valence-electron chi connectivity index (χ2n) is 8.03. The van der Waals surface area contributed by atoms with Gasteiger partial charge in [0, 0.05) is 17.9 Å². The average molecular weight is 396 g/mol. The summed E-state index contributed by atoms with van der Waals surface area (Å²) in [6.07, 6.45) is 6.35. The number of rotatable bonds is 5. The fourth-order valence-corrected chi connectivity index (χ4v) is 4.52. The molecule has 0 radical (unpaired) electrons. The highest BCUT2D eigenvalue weighted by molar-refractivity contribution is 6.02. The molecule has 6 heteroatoms. The minimum absolute atomic E-state index is 0.0882. The monoisotopic (exact) mass is 395 g/mol. The van der Waals surface area contributed by atoms with Crippen LogP contribution >= 0.6 is 0 Å². The molecule has 1 aromatic carbocycles. The van der Waals surface area contributed by atoms with Gasteiger partial charge in [0.05, 0.1) is 12.3 Å². The van der Waals surface area contributed by atoms with Gasteiger partial charge in [-0.15, -0.1) is 0 Å². The number of anilines is 1. The van der Waals surface area contributed by atoms with Crippen LogP contribution in [0.4, 0.5) is 5.69 Å². The maximum atomic E-state index is 13.4. The van der Waals surface area contributed by atoms with Gasteiger partial charge in [0.25, 0.3) is 0 Å². The smallest absolute Gasteiger partial charge is 0.249 e. The number of carbonyl (C=O) groups excluding carboxylic acids is 2. The van der Waals surface area contributed by atoms with E-state index in [9.17, 15) is 9.59 Å². The minimum Gasteiger partial charge on any atom is -0.494 e. The average Bonchev–Trinajstić information content (AvgIpc) is 3.17. The van der Waals surface area contributed by atoms with Crippen molar-refractivity contribution in [3.05, 3.63) is 48.3 Å². The Bertz CT molecular complexity index is 874. The zero-order valence-corrected chi connectivity index (χ0v) is 17.1. The van der Waals surface area contributed by atoms with Crippen LogP contribution in [0.3, 0.4) is 0 Å². The van der Waals surface area contributed by atoms with E-state index in [1.807, 2.05) is 54.1 Å². The number of benzene rings is 1. The molecule has 6 nitrogen and oxygen atoms in total. The van der Waals surface area contributed by atoms with Gasteiger partial charge in [0.2, 0.25) is 11.8 Å². The summed E-state index contributed by atoms with van der Waals surface area (Å²) in [6.45, 7) is 4.95. The van der Waals surface area contributed by atoms with E-state index < -0.39 is 6.04 Å². The first-order chi connectivity index (χ1) is 14.1. The van der Waals surface area contributed by atoms with E-state index in [4.69, 9.17) is 4.74 Å². The van der Waals surface area contributed by atoms with Gasteiger partial charge in [0.15, 0.2) is 6.04 Å². The number of nitrogens with one attached hydrogen (secondary N) is 1. The Balaban J connectivity index is 1.65. The van der Waals surface area contributed by atoms with Crippen LogP contribution in [0.15, 0.2) is 42.6 Å². The van der Waals surface area contributed by atoms with Gasteiger partial charge in [-0.3, -0.25) is 14.5 Å². The Morgan fingerprint density at radius 1 is 1.17 bits per heavy atom. The second kappa shape index (κ2) is 8.31. The topological polar surface area (TPSA) is 63.6 Å². The summed E-state index contributed by atoms with van der Waals surface area (Å²) >= 11 is 0. The fraction of sp³-hybridized carbons (Fsp3) is 0.478. The number of hydrogen-bond donors (Lipinski definition) is 1. The molecule has 2 amide bonds. The summed E-state index contributed by atoms with van der Waals surface area (Å²) in [7, 11) is 0. The molecule has 3 atom stereocenters. The molecule has 0 unspecified atom stereocenters. The normalized spacial score (nSPS) is 24.1. The number of fused-ring (bicyclic) bond motifs is 1. The number of nitrogens with zero attached hydrogens (tertiary/aromatic N) is 2. The maximum absolute atomic E-state index is 13.4. The standard InChI is InChI=1S/C23H29N3O3/c1-3-29-18-12-10-17(11-13-18)26-21(27)15-25-14-6-9-20(25)22(26)23(28)24-19-8-5-4-7-16(19)2/h6,9-14,16,19,22H,3-5,7-8,15H2,1-2H3,(H,24,28)/t16-,19-,22-/m1/s1. The first-order valence-electron chi connectivity index (χ1n) is 10.6. The lowest BCUT2D eigenvalue weighted by Gasteiger charge is -2.38. The van der Waals surface area contributed by atoms with Crippen molar-refractivity contribution < 1.29 is 14.3 Å². The van der Waals surface area contributed by atoms with Gasteiger partial charge in [-0.05, 0) is 62.1 Å². The molecule has 0 saturated heterocycles. The predicted octanol–water partition coefficient (Wildman–Crippen LogP) is 3.67. The molecule has 154 valence electrons. The molecule has 1 N–H and O–H groups in total. The number of carbonyl (C=O) groups is 2. The summed E-state index contributed by atoms with van der Waals surface area (Å²) in [5.41, 5.74) is 1.56. The van der Waals surface area contributed by atoms with Crippen molar-refractivity contribution in [2.75, 3.05) is 11.5 Å². The summed E-state index contributed by atoms with van der Waals surface area (Å²) in [6, 6.07) is 10.7. The van der Waals surface area contributed by atoms with Gasteiger partial charge >= 0.3 is 0 Å². The Hall–Kier alpha value is -2.76. The molecule has 0 spiro atoms. The van der Waals surface area contributed by atoms with Crippen LogP contribution < -0.4 is 15.0 Å². The number of amides is 2. The third-order valence-electron chi connectivity index (χ3n) is 6.09.